The molecule has 10 heteroatoms. The van der Waals surface area contributed by atoms with E-state index < -0.39 is 39.6 Å². The number of hydrogen-bond acceptors (Lipinski definition) is 6. The van der Waals surface area contributed by atoms with Gasteiger partial charge in [0.15, 0.2) is 0 Å². The fourth-order valence-corrected chi connectivity index (χ4v) is 2.35. The lowest BCUT2D eigenvalue weighted by Crippen LogP contribution is -2.39. The summed E-state index contributed by atoms with van der Waals surface area (Å²) in [6.45, 7) is -0.417. The molecule has 2 amide bonds. The molecule has 0 aliphatic rings. The molecule has 0 fully saturated rings. The third-order valence-corrected chi connectivity index (χ3v) is 3.72. The summed E-state index contributed by atoms with van der Waals surface area (Å²) < 4.78 is 0. The van der Waals surface area contributed by atoms with Crippen molar-refractivity contribution < 1.29 is 19.4 Å². The van der Waals surface area contributed by atoms with E-state index in [-0.39, 0.29) is 11.3 Å². The van der Waals surface area contributed by atoms with Gasteiger partial charge < -0.3 is 5.32 Å². The Morgan fingerprint density at radius 1 is 1.11 bits per heavy atom. The molecule has 0 saturated heterocycles. The third kappa shape index (κ3) is 4.47. The number of anilines is 1. The van der Waals surface area contributed by atoms with Crippen molar-refractivity contribution in [2.75, 3.05) is 18.5 Å². The summed E-state index contributed by atoms with van der Waals surface area (Å²) in [4.78, 5) is 46.4. The Morgan fingerprint density at radius 3 is 2.21 bits per heavy atom. The summed E-state index contributed by atoms with van der Waals surface area (Å²) >= 11 is 0. The average Bonchev–Trinajstić information content (AvgIpc) is 2.70. The maximum absolute atomic E-state index is 13.0. The minimum Gasteiger partial charge on any atom is -0.358 e. The van der Waals surface area contributed by atoms with Gasteiger partial charge in [-0.1, -0.05) is 12.0 Å². The highest BCUT2D eigenvalue weighted by Crippen LogP contribution is 2.25. The molecule has 0 aromatic heterocycles. The molecule has 0 atom stereocenters. The zero-order valence-corrected chi connectivity index (χ0v) is 14.6. The van der Waals surface area contributed by atoms with Crippen LogP contribution in [0.5, 0.6) is 0 Å². The van der Waals surface area contributed by atoms with E-state index in [0.717, 1.165) is 23.1 Å². The molecule has 0 radical (unpaired) electrons. The second kappa shape index (κ2) is 8.41. The summed E-state index contributed by atoms with van der Waals surface area (Å²) in [5, 5.41) is 24.5. The number of carbonyl (C=O) groups excluding carboxylic acids is 2. The lowest BCUT2D eigenvalue weighted by atomic mass is 10.1. The Hall–Kier alpha value is -4.26. The number of carbonyl (C=O) groups is 2. The second-order valence-corrected chi connectivity index (χ2v) is 5.51. The molecule has 28 heavy (non-hydrogen) atoms. The van der Waals surface area contributed by atoms with Gasteiger partial charge in [0.25, 0.3) is 17.3 Å². The number of hydrogen-bond donors (Lipinski definition) is 1. The van der Waals surface area contributed by atoms with Gasteiger partial charge in [-0.05, 0) is 18.2 Å². The van der Waals surface area contributed by atoms with Crippen LogP contribution in [0.4, 0.5) is 17.1 Å². The van der Waals surface area contributed by atoms with E-state index in [1.165, 1.54) is 19.2 Å². The smallest absolute Gasteiger partial charge is 0.277 e. The van der Waals surface area contributed by atoms with Crippen molar-refractivity contribution in [2.45, 2.75) is 0 Å². The van der Waals surface area contributed by atoms with Crippen molar-refractivity contribution in [3.63, 3.8) is 0 Å². The first-order valence-electron chi connectivity index (χ1n) is 7.79. The second-order valence-electron chi connectivity index (χ2n) is 5.51. The van der Waals surface area contributed by atoms with Gasteiger partial charge in [-0.2, -0.15) is 0 Å². The van der Waals surface area contributed by atoms with Gasteiger partial charge in [0.05, 0.1) is 21.5 Å². The Morgan fingerprint density at radius 2 is 1.71 bits per heavy atom. The van der Waals surface area contributed by atoms with Gasteiger partial charge >= 0.3 is 0 Å². The predicted octanol–water partition coefficient (Wildman–Crippen LogP) is 1.88. The zero-order valence-electron chi connectivity index (χ0n) is 14.6. The van der Waals surface area contributed by atoms with E-state index in [1.807, 2.05) is 0 Å². The van der Waals surface area contributed by atoms with Gasteiger partial charge in [0.1, 0.15) is 6.54 Å². The first-order valence-corrected chi connectivity index (χ1v) is 7.79. The van der Waals surface area contributed by atoms with Crippen molar-refractivity contribution in [1.29, 1.82) is 0 Å². The standard InChI is InChI=1S/C18H14N4O6/c1-3-12-5-4-6-14(7-12)20(11-17(23)19-2)18(24)13-8-15(21(25)26)10-16(9-13)22(27)28/h1,4-10H,11H2,2H3,(H,19,23). The van der Waals surface area contributed by atoms with E-state index in [1.54, 1.807) is 12.1 Å². The number of likely N-dealkylation sites (N-methyl/N-ethyl adjacent to an activating group) is 1. The molecule has 2 aromatic carbocycles. The van der Waals surface area contributed by atoms with Gasteiger partial charge in [-0.3, -0.25) is 34.7 Å². The Balaban J connectivity index is 2.58. The predicted molar refractivity (Wildman–Crippen MR) is 99.9 cm³/mol. The van der Waals surface area contributed by atoms with Crippen LogP contribution in [0, 0.1) is 32.6 Å². The van der Waals surface area contributed by atoms with Gasteiger partial charge in [-0.15, -0.1) is 6.42 Å². The van der Waals surface area contributed by atoms with E-state index in [9.17, 15) is 29.8 Å². The minimum atomic E-state index is -0.841. The third-order valence-electron chi connectivity index (χ3n) is 3.72. The lowest BCUT2D eigenvalue weighted by molar-refractivity contribution is -0.394. The van der Waals surface area contributed by atoms with Crippen molar-refractivity contribution in [3.05, 3.63) is 73.8 Å². The highest BCUT2D eigenvalue weighted by Gasteiger charge is 2.25. The number of terminal acetylenes is 1. The van der Waals surface area contributed by atoms with Crippen LogP contribution in [0.25, 0.3) is 0 Å². The summed E-state index contributed by atoms with van der Waals surface area (Å²) in [5.74, 6) is 1.06. The summed E-state index contributed by atoms with van der Waals surface area (Å²) in [5.41, 5.74) is -0.837. The first kappa shape index (κ1) is 20.1. The van der Waals surface area contributed by atoms with Crippen LogP contribution in [-0.4, -0.2) is 35.3 Å². The molecule has 0 spiro atoms. The van der Waals surface area contributed by atoms with Gasteiger partial charge in [0.2, 0.25) is 5.91 Å². The molecule has 2 aromatic rings. The largest absolute Gasteiger partial charge is 0.358 e. The van der Waals surface area contributed by atoms with Crippen LogP contribution >= 0.6 is 0 Å². The Bertz CT molecular complexity index is 979. The molecule has 0 bridgehead atoms. The van der Waals surface area contributed by atoms with Gasteiger partial charge in [0, 0.05) is 30.4 Å². The quantitative estimate of drug-likeness (QED) is 0.460. The van der Waals surface area contributed by atoms with Crippen LogP contribution in [0.3, 0.4) is 0 Å². The van der Waals surface area contributed by atoms with Crippen molar-refractivity contribution in [2.24, 2.45) is 0 Å². The summed E-state index contributed by atoms with van der Waals surface area (Å²) in [6, 6.07) is 8.77. The Kier molecular flexibility index (Phi) is 6.03. The fraction of sp³-hybridized carbons (Fsp3) is 0.111. The summed E-state index contributed by atoms with van der Waals surface area (Å²) in [7, 11) is 1.38. The van der Waals surface area contributed by atoms with Crippen molar-refractivity contribution in [1.82, 2.24) is 5.32 Å². The van der Waals surface area contributed by atoms with Crippen LogP contribution in [0.1, 0.15) is 15.9 Å². The van der Waals surface area contributed by atoms with Crippen LogP contribution in [0.2, 0.25) is 0 Å². The van der Waals surface area contributed by atoms with E-state index in [4.69, 9.17) is 6.42 Å². The monoisotopic (exact) mass is 382 g/mol. The van der Waals surface area contributed by atoms with Crippen molar-refractivity contribution >= 4 is 28.9 Å². The number of rotatable bonds is 6. The van der Waals surface area contributed by atoms with Crippen LogP contribution in [-0.2, 0) is 4.79 Å². The van der Waals surface area contributed by atoms with E-state index in [0.29, 0.717) is 5.56 Å². The SMILES string of the molecule is C#Cc1cccc(N(CC(=O)NC)C(=O)c2cc([N+](=O)[O-])cc([N+](=O)[O-])c2)c1. The molecule has 0 saturated carbocycles. The number of nitrogens with zero attached hydrogens (tertiary/aromatic N) is 3. The Labute approximate surface area is 159 Å². The normalized spacial score (nSPS) is 9.86. The number of nitro groups is 2. The minimum absolute atomic E-state index is 0.262. The average molecular weight is 382 g/mol. The number of amides is 2. The molecular formula is C18H14N4O6. The molecule has 0 aliphatic heterocycles. The fourth-order valence-electron chi connectivity index (χ4n) is 2.35. The molecular weight excluding hydrogens is 368 g/mol. The molecule has 0 heterocycles. The molecule has 0 aliphatic carbocycles. The van der Waals surface area contributed by atoms with Crippen LogP contribution < -0.4 is 10.2 Å². The van der Waals surface area contributed by atoms with Crippen LogP contribution in [0.15, 0.2) is 42.5 Å². The molecule has 0 unspecified atom stereocenters. The maximum atomic E-state index is 13.0. The lowest BCUT2D eigenvalue weighted by Gasteiger charge is -2.22. The van der Waals surface area contributed by atoms with E-state index in [2.05, 4.69) is 11.2 Å². The highest BCUT2D eigenvalue weighted by atomic mass is 16.6. The first-order chi connectivity index (χ1) is 13.3. The molecule has 142 valence electrons. The number of nitro benzene ring substituents is 2. The highest BCUT2D eigenvalue weighted by molar-refractivity contribution is 6.09. The van der Waals surface area contributed by atoms with Crippen molar-refractivity contribution in [3.8, 4) is 12.3 Å². The molecule has 2 rings (SSSR count). The number of non-ortho nitro benzene ring substituents is 2. The zero-order chi connectivity index (χ0) is 20.8. The van der Waals surface area contributed by atoms with Gasteiger partial charge in [-0.25, -0.2) is 0 Å². The number of nitrogens with one attached hydrogen (secondary N) is 1. The molecule has 10 nitrogen and oxygen atoms in total. The topological polar surface area (TPSA) is 136 Å². The maximum Gasteiger partial charge on any atom is 0.277 e. The number of benzene rings is 2. The summed E-state index contributed by atoms with van der Waals surface area (Å²) in [6.07, 6.45) is 5.36. The van der Waals surface area contributed by atoms with E-state index >= 15 is 0 Å². The molecule has 1 N–H and O–H groups in total.